The summed E-state index contributed by atoms with van der Waals surface area (Å²) in [6, 6.07) is 9.55. The molecule has 1 heteroatoms. The summed E-state index contributed by atoms with van der Waals surface area (Å²) >= 11 is 0. The van der Waals surface area contributed by atoms with Crippen molar-refractivity contribution in [1.29, 1.82) is 0 Å². The fourth-order valence-electron chi connectivity index (χ4n) is 2.31. The first-order chi connectivity index (χ1) is 7.81. The molecule has 1 aliphatic carbocycles. The van der Waals surface area contributed by atoms with Crippen molar-refractivity contribution >= 4 is 0 Å². The summed E-state index contributed by atoms with van der Waals surface area (Å²) in [6.07, 6.45) is 5.31. The summed E-state index contributed by atoms with van der Waals surface area (Å²) in [7, 11) is 0. The van der Waals surface area contributed by atoms with E-state index in [0.29, 0.717) is 6.04 Å². The van der Waals surface area contributed by atoms with Crippen molar-refractivity contribution in [3.05, 3.63) is 35.4 Å². The third-order valence-electron chi connectivity index (χ3n) is 3.43. The minimum absolute atomic E-state index is 0.636. The maximum atomic E-state index is 3.62. The number of rotatable bonds is 6. The van der Waals surface area contributed by atoms with E-state index in [1.54, 1.807) is 5.56 Å². The van der Waals surface area contributed by atoms with Gasteiger partial charge in [-0.1, -0.05) is 37.6 Å². The van der Waals surface area contributed by atoms with Gasteiger partial charge in [-0.3, -0.25) is 0 Å². The predicted octanol–water partition coefficient (Wildman–Crippen LogP) is 3.84. The van der Waals surface area contributed by atoms with Gasteiger partial charge in [0.05, 0.1) is 0 Å². The van der Waals surface area contributed by atoms with Crippen molar-refractivity contribution < 1.29 is 0 Å². The van der Waals surface area contributed by atoms with Crippen LogP contribution in [-0.4, -0.2) is 6.04 Å². The molecule has 1 atom stereocenters. The first kappa shape index (κ1) is 11.7. The van der Waals surface area contributed by atoms with Crippen LogP contribution in [0, 0.1) is 0 Å². The third kappa shape index (κ3) is 3.08. The molecule has 1 N–H and O–H groups in total. The van der Waals surface area contributed by atoms with E-state index in [-0.39, 0.29) is 0 Å². The summed E-state index contributed by atoms with van der Waals surface area (Å²) in [5, 5.41) is 3.62. The Hall–Kier alpha value is -0.820. The van der Waals surface area contributed by atoms with Crippen LogP contribution >= 0.6 is 0 Å². The Bertz CT molecular complexity index is 328. The largest absolute Gasteiger partial charge is 0.310 e. The van der Waals surface area contributed by atoms with E-state index >= 15 is 0 Å². The fraction of sp³-hybridized carbons (Fsp3) is 0.600. The zero-order valence-electron chi connectivity index (χ0n) is 10.5. The number of benzene rings is 1. The Morgan fingerprint density at radius 3 is 2.75 bits per heavy atom. The number of hydrogen-bond donors (Lipinski definition) is 1. The van der Waals surface area contributed by atoms with Crippen molar-refractivity contribution in [2.24, 2.45) is 0 Å². The molecule has 0 aliphatic heterocycles. The van der Waals surface area contributed by atoms with Gasteiger partial charge in [0.15, 0.2) is 0 Å². The van der Waals surface area contributed by atoms with E-state index in [1.165, 1.54) is 31.2 Å². The van der Waals surface area contributed by atoms with Crippen molar-refractivity contribution in [3.8, 4) is 0 Å². The molecule has 0 amide bonds. The molecule has 0 aromatic heterocycles. The molecule has 0 spiro atoms. The molecule has 1 unspecified atom stereocenters. The highest BCUT2D eigenvalue weighted by atomic mass is 14.9. The van der Waals surface area contributed by atoms with Gasteiger partial charge in [0.1, 0.15) is 0 Å². The van der Waals surface area contributed by atoms with Gasteiger partial charge in [-0.25, -0.2) is 0 Å². The van der Waals surface area contributed by atoms with Gasteiger partial charge < -0.3 is 5.32 Å². The molecule has 1 aliphatic rings. The summed E-state index contributed by atoms with van der Waals surface area (Å²) in [4.78, 5) is 0. The molecule has 1 aromatic carbocycles. The summed E-state index contributed by atoms with van der Waals surface area (Å²) in [6.45, 7) is 5.56. The number of hydrogen-bond acceptors (Lipinski definition) is 1. The smallest absolute Gasteiger partial charge is 0.0210 e. The van der Waals surface area contributed by atoms with Crippen LogP contribution in [0.1, 0.15) is 56.6 Å². The van der Waals surface area contributed by atoms with E-state index in [9.17, 15) is 0 Å². The summed E-state index contributed by atoms with van der Waals surface area (Å²) in [5.74, 6) is 0.861. The van der Waals surface area contributed by atoms with E-state index < -0.39 is 0 Å². The van der Waals surface area contributed by atoms with Crippen LogP contribution < -0.4 is 5.32 Å². The Morgan fingerprint density at radius 2 is 2.06 bits per heavy atom. The van der Waals surface area contributed by atoms with E-state index in [2.05, 4.69) is 43.4 Å². The molecule has 1 saturated carbocycles. The second-order valence-electron chi connectivity index (χ2n) is 5.04. The van der Waals surface area contributed by atoms with Crippen LogP contribution in [0.25, 0.3) is 0 Å². The molecule has 2 rings (SSSR count). The highest BCUT2D eigenvalue weighted by molar-refractivity contribution is 5.33. The lowest BCUT2D eigenvalue weighted by Crippen LogP contribution is -2.25. The lowest BCUT2D eigenvalue weighted by molar-refractivity contribution is 0.507. The third-order valence-corrected chi connectivity index (χ3v) is 3.43. The van der Waals surface area contributed by atoms with Crippen LogP contribution in [0.15, 0.2) is 24.3 Å². The Kier molecular flexibility index (Phi) is 4.00. The molecule has 0 bridgehead atoms. The maximum absolute atomic E-state index is 3.62. The first-order valence-corrected chi connectivity index (χ1v) is 6.62. The quantitative estimate of drug-likeness (QED) is 0.763. The van der Waals surface area contributed by atoms with Gasteiger partial charge >= 0.3 is 0 Å². The fourth-order valence-corrected chi connectivity index (χ4v) is 2.31. The molecular formula is C15H23N. The summed E-state index contributed by atoms with van der Waals surface area (Å²) < 4.78 is 0. The molecular weight excluding hydrogens is 194 g/mol. The van der Waals surface area contributed by atoms with Gasteiger partial charge in [0, 0.05) is 12.6 Å². The Balaban J connectivity index is 1.93. The zero-order valence-corrected chi connectivity index (χ0v) is 10.5. The van der Waals surface area contributed by atoms with Crippen molar-refractivity contribution in [2.75, 3.05) is 0 Å². The first-order valence-electron chi connectivity index (χ1n) is 6.62. The zero-order chi connectivity index (χ0) is 11.4. The molecule has 16 heavy (non-hydrogen) atoms. The van der Waals surface area contributed by atoms with Crippen LogP contribution in [0.4, 0.5) is 0 Å². The van der Waals surface area contributed by atoms with Crippen molar-refractivity contribution in [2.45, 2.75) is 58.0 Å². The predicted molar refractivity (Wildman–Crippen MR) is 69.6 cm³/mol. The molecule has 0 saturated heterocycles. The molecule has 1 fully saturated rings. The normalized spacial score (nSPS) is 17.4. The number of nitrogens with one attached hydrogen (secondary N) is 1. The second-order valence-corrected chi connectivity index (χ2v) is 5.04. The maximum Gasteiger partial charge on any atom is 0.0210 e. The highest BCUT2D eigenvalue weighted by Crippen LogP contribution is 2.41. The minimum Gasteiger partial charge on any atom is -0.310 e. The van der Waals surface area contributed by atoms with Gasteiger partial charge in [-0.15, -0.1) is 0 Å². The van der Waals surface area contributed by atoms with Crippen LogP contribution in [0.2, 0.25) is 0 Å². The van der Waals surface area contributed by atoms with Crippen LogP contribution in [-0.2, 0) is 6.54 Å². The summed E-state index contributed by atoms with van der Waals surface area (Å²) in [5.41, 5.74) is 3.09. The molecule has 0 heterocycles. The average Bonchev–Trinajstić information content (AvgIpc) is 3.11. The monoisotopic (exact) mass is 217 g/mol. The highest BCUT2D eigenvalue weighted by Gasteiger charge is 2.25. The average molecular weight is 217 g/mol. The standard InChI is InChI=1S/C15H23N/c1-3-6-12(2)16-11-14-7-4-5-8-15(14)13-9-10-13/h4-5,7-8,12-13,16H,3,6,9-11H2,1-2H3. The van der Waals surface area contributed by atoms with Gasteiger partial charge in [0.2, 0.25) is 0 Å². The molecule has 0 radical (unpaired) electrons. The van der Waals surface area contributed by atoms with Gasteiger partial charge in [-0.05, 0) is 43.2 Å². The lowest BCUT2D eigenvalue weighted by atomic mass is 10.0. The van der Waals surface area contributed by atoms with E-state index in [1.807, 2.05) is 0 Å². The second kappa shape index (κ2) is 5.49. The van der Waals surface area contributed by atoms with Crippen molar-refractivity contribution in [3.63, 3.8) is 0 Å². The van der Waals surface area contributed by atoms with E-state index in [4.69, 9.17) is 0 Å². The minimum atomic E-state index is 0.636. The Labute approximate surface area is 99.3 Å². The van der Waals surface area contributed by atoms with Crippen molar-refractivity contribution in [1.82, 2.24) is 5.32 Å². The van der Waals surface area contributed by atoms with Crippen LogP contribution in [0.5, 0.6) is 0 Å². The molecule has 88 valence electrons. The van der Waals surface area contributed by atoms with Gasteiger partial charge in [0.25, 0.3) is 0 Å². The molecule has 1 aromatic rings. The Morgan fingerprint density at radius 1 is 1.31 bits per heavy atom. The van der Waals surface area contributed by atoms with Gasteiger partial charge in [-0.2, -0.15) is 0 Å². The molecule has 1 nitrogen and oxygen atoms in total. The SMILES string of the molecule is CCCC(C)NCc1ccccc1C1CC1. The topological polar surface area (TPSA) is 12.0 Å². The van der Waals surface area contributed by atoms with E-state index in [0.717, 1.165) is 12.5 Å². The lowest BCUT2D eigenvalue weighted by Gasteiger charge is -2.15. The van der Waals surface area contributed by atoms with Crippen LogP contribution in [0.3, 0.4) is 0 Å².